The van der Waals surface area contributed by atoms with Crippen molar-refractivity contribution in [1.82, 2.24) is 4.98 Å². The van der Waals surface area contributed by atoms with Crippen LogP contribution in [0.25, 0.3) is 10.2 Å². The van der Waals surface area contributed by atoms with Crippen LogP contribution in [0.4, 0.5) is 5.13 Å². The highest BCUT2D eigenvalue weighted by Gasteiger charge is 2.46. The van der Waals surface area contributed by atoms with E-state index in [0.717, 1.165) is 10.3 Å². The van der Waals surface area contributed by atoms with Gasteiger partial charge in [-0.3, -0.25) is 14.5 Å². The van der Waals surface area contributed by atoms with Gasteiger partial charge in [0.2, 0.25) is 5.78 Å². The lowest BCUT2D eigenvalue weighted by atomic mass is 9.85. The zero-order valence-electron chi connectivity index (χ0n) is 18.7. The number of carbonyl (C=O) groups is 2. The van der Waals surface area contributed by atoms with Gasteiger partial charge in [-0.15, -0.1) is 0 Å². The number of ketones is 1. The molecule has 4 aromatic rings. The summed E-state index contributed by atoms with van der Waals surface area (Å²) in [5.74, 6) is -1.80. The Balaban J connectivity index is 1.67. The van der Waals surface area contributed by atoms with E-state index in [1.165, 1.54) is 28.6 Å². The second-order valence-corrected chi connectivity index (χ2v) is 10.6. The van der Waals surface area contributed by atoms with Gasteiger partial charge >= 0.3 is 0 Å². The average molecular weight is 493 g/mol. The first-order chi connectivity index (χ1) is 16.1. The molecule has 8 heteroatoms. The van der Waals surface area contributed by atoms with E-state index in [1.54, 1.807) is 24.3 Å². The number of nitrogens with zero attached hydrogens (tertiary/aromatic N) is 2. The molecule has 1 N–H and O–H groups in total. The third-order valence-corrected chi connectivity index (χ3v) is 7.09. The van der Waals surface area contributed by atoms with Crippen molar-refractivity contribution in [3.8, 4) is 0 Å². The molecule has 1 aliphatic rings. The van der Waals surface area contributed by atoms with Crippen LogP contribution in [0.1, 0.15) is 48.5 Å². The van der Waals surface area contributed by atoms with Crippen LogP contribution in [-0.4, -0.2) is 21.8 Å². The minimum atomic E-state index is -0.866. The van der Waals surface area contributed by atoms with Crippen LogP contribution in [0.15, 0.2) is 76.6 Å². The normalized spacial score (nSPS) is 16.6. The van der Waals surface area contributed by atoms with E-state index < -0.39 is 23.5 Å². The fourth-order valence-corrected chi connectivity index (χ4v) is 5.31. The van der Waals surface area contributed by atoms with Crippen molar-refractivity contribution >= 4 is 50.0 Å². The third-order valence-electron chi connectivity index (χ3n) is 5.84. The summed E-state index contributed by atoms with van der Waals surface area (Å²) in [6.07, 6.45) is 1.38. The summed E-state index contributed by atoms with van der Waals surface area (Å²) in [6.45, 7) is 6.33. The Hall–Kier alpha value is -3.42. The largest absolute Gasteiger partial charge is 0.503 e. The number of furan rings is 1. The highest BCUT2D eigenvalue weighted by molar-refractivity contribution is 7.22. The minimum Gasteiger partial charge on any atom is -0.503 e. The molecule has 0 saturated heterocycles. The molecule has 1 unspecified atom stereocenters. The topological polar surface area (TPSA) is 83.6 Å². The molecule has 172 valence electrons. The summed E-state index contributed by atoms with van der Waals surface area (Å²) in [5.41, 5.74) is 2.34. The first-order valence-corrected chi connectivity index (χ1v) is 11.9. The van der Waals surface area contributed by atoms with Crippen molar-refractivity contribution < 1.29 is 19.1 Å². The summed E-state index contributed by atoms with van der Waals surface area (Å²) in [4.78, 5) is 32.6. The predicted octanol–water partition coefficient (Wildman–Crippen LogP) is 6.62. The number of rotatable bonds is 4. The molecule has 0 spiro atoms. The van der Waals surface area contributed by atoms with Gasteiger partial charge in [0, 0.05) is 5.02 Å². The first kappa shape index (κ1) is 22.4. The third kappa shape index (κ3) is 3.71. The van der Waals surface area contributed by atoms with Gasteiger partial charge in [0.15, 0.2) is 16.7 Å². The number of benzene rings is 2. The van der Waals surface area contributed by atoms with Crippen molar-refractivity contribution in [2.24, 2.45) is 0 Å². The smallest absolute Gasteiger partial charge is 0.296 e. The fourth-order valence-electron chi connectivity index (χ4n) is 4.05. The van der Waals surface area contributed by atoms with Gasteiger partial charge in [-0.25, -0.2) is 4.98 Å². The van der Waals surface area contributed by atoms with Gasteiger partial charge in [-0.05, 0) is 46.9 Å². The number of thiazole rings is 1. The van der Waals surface area contributed by atoms with Gasteiger partial charge in [0.05, 0.1) is 28.1 Å². The number of aliphatic hydroxyl groups is 1. The predicted molar refractivity (Wildman–Crippen MR) is 133 cm³/mol. The second-order valence-electron chi connectivity index (χ2n) is 9.13. The summed E-state index contributed by atoms with van der Waals surface area (Å²) in [7, 11) is 0. The van der Waals surface area contributed by atoms with Crippen LogP contribution < -0.4 is 4.90 Å². The van der Waals surface area contributed by atoms with Gasteiger partial charge in [-0.1, -0.05) is 68.0 Å². The SMILES string of the molecule is CC(C)(C)c1ccc(C2C(C(=O)c3ccco3)=C(O)C(=O)N2c2nc3ccc(Cl)cc3s2)cc1. The van der Waals surface area contributed by atoms with Crippen LogP contribution in [0.5, 0.6) is 0 Å². The zero-order valence-corrected chi connectivity index (χ0v) is 20.3. The molecule has 1 atom stereocenters. The molecule has 2 aromatic heterocycles. The average Bonchev–Trinajstić information content (AvgIpc) is 3.52. The molecule has 6 nitrogen and oxygen atoms in total. The zero-order chi connectivity index (χ0) is 24.2. The molecule has 0 saturated carbocycles. The number of anilines is 1. The van der Waals surface area contributed by atoms with Gasteiger partial charge in [0.1, 0.15) is 0 Å². The molecule has 1 amide bonds. The summed E-state index contributed by atoms with van der Waals surface area (Å²) in [6, 6.07) is 15.2. The Morgan fingerprint density at radius 3 is 2.53 bits per heavy atom. The molecule has 0 fully saturated rings. The molecule has 34 heavy (non-hydrogen) atoms. The maximum Gasteiger partial charge on any atom is 0.296 e. The maximum atomic E-state index is 13.3. The van der Waals surface area contributed by atoms with Gasteiger partial charge in [0.25, 0.3) is 5.91 Å². The second kappa shape index (κ2) is 8.11. The van der Waals surface area contributed by atoms with Crippen molar-refractivity contribution in [1.29, 1.82) is 0 Å². The Bertz CT molecular complexity index is 1450. The molecule has 0 bridgehead atoms. The van der Waals surface area contributed by atoms with Crippen LogP contribution in [0, 0.1) is 0 Å². The van der Waals surface area contributed by atoms with Crippen LogP contribution in [0.3, 0.4) is 0 Å². The van der Waals surface area contributed by atoms with Crippen LogP contribution in [-0.2, 0) is 10.2 Å². The summed E-state index contributed by atoms with van der Waals surface area (Å²) < 4.78 is 6.08. The van der Waals surface area contributed by atoms with E-state index >= 15 is 0 Å². The molecule has 0 radical (unpaired) electrons. The number of hydrogen-bond donors (Lipinski definition) is 1. The van der Waals surface area contributed by atoms with Gasteiger partial charge in [-0.2, -0.15) is 0 Å². The summed E-state index contributed by atoms with van der Waals surface area (Å²) >= 11 is 7.40. The lowest BCUT2D eigenvalue weighted by Gasteiger charge is -2.25. The van der Waals surface area contributed by atoms with E-state index in [4.69, 9.17) is 16.0 Å². The van der Waals surface area contributed by atoms with Crippen LogP contribution in [0.2, 0.25) is 5.02 Å². The van der Waals surface area contributed by atoms with Crippen molar-refractivity contribution in [2.45, 2.75) is 32.2 Å². The van der Waals surface area contributed by atoms with E-state index in [2.05, 4.69) is 25.8 Å². The summed E-state index contributed by atoms with van der Waals surface area (Å²) in [5, 5.41) is 11.8. The van der Waals surface area contributed by atoms with E-state index in [1.807, 2.05) is 24.3 Å². The monoisotopic (exact) mass is 492 g/mol. The number of amides is 1. The minimum absolute atomic E-state index is 0.0410. The number of halogens is 1. The van der Waals surface area contributed by atoms with Crippen molar-refractivity contribution in [2.75, 3.05) is 4.90 Å². The number of aromatic nitrogens is 1. The number of Topliss-reactive ketones (excluding diaryl/α,β-unsaturated/α-hetero) is 1. The molecule has 2 aromatic carbocycles. The number of carbonyl (C=O) groups excluding carboxylic acids is 2. The Morgan fingerprint density at radius 2 is 1.88 bits per heavy atom. The van der Waals surface area contributed by atoms with E-state index in [-0.39, 0.29) is 16.7 Å². The molecule has 3 heterocycles. The fraction of sp³-hybridized carbons (Fsp3) is 0.192. The molecular formula is C26H21ClN2O4S. The van der Waals surface area contributed by atoms with E-state index in [9.17, 15) is 14.7 Å². The lowest BCUT2D eigenvalue weighted by molar-refractivity contribution is -0.117. The van der Waals surface area contributed by atoms with E-state index in [0.29, 0.717) is 21.2 Å². The standard InChI is InChI=1S/C26H21ClN2O4S/c1-26(2,3)15-8-6-14(7-9-15)21-20(22(30)18-5-4-12-33-18)23(31)24(32)29(21)25-28-17-11-10-16(27)13-19(17)34-25/h4-13,21,31H,1-3H3. The number of aliphatic hydroxyl groups excluding tert-OH is 1. The molecular weight excluding hydrogens is 472 g/mol. The van der Waals surface area contributed by atoms with Crippen molar-refractivity contribution in [3.05, 3.63) is 94.1 Å². The van der Waals surface area contributed by atoms with Gasteiger partial charge < -0.3 is 9.52 Å². The Morgan fingerprint density at radius 1 is 1.15 bits per heavy atom. The highest BCUT2D eigenvalue weighted by Crippen LogP contribution is 2.44. The quantitative estimate of drug-likeness (QED) is 0.323. The Kier molecular flexibility index (Phi) is 5.34. The maximum absolute atomic E-state index is 13.3. The molecule has 0 aliphatic carbocycles. The number of hydrogen-bond acceptors (Lipinski definition) is 6. The molecule has 5 rings (SSSR count). The Labute approximate surface area is 205 Å². The first-order valence-electron chi connectivity index (χ1n) is 10.7. The highest BCUT2D eigenvalue weighted by atomic mass is 35.5. The van der Waals surface area contributed by atoms with Crippen molar-refractivity contribution in [3.63, 3.8) is 0 Å². The lowest BCUT2D eigenvalue weighted by Crippen LogP contribution is -2.31. The number of fused-ring (bicyclic) bond motifs is 1. The van der Waals surface area contributed by atoms with Crippen LogP contribution >= 0.6 is 22.9 Å². The molecule has 1 aliphatic heterocycles.